The summed E-state index contributed by atoms with van der Waals surface area (Å²) in [5.41, 5.74) is 4.21. The zero-order chi connectivity index (χ0) is 13.2. The highest BCUT2D eigenvalue weighted by Gasteiger charge is 2.33. The third-order valence-electron chi connectivity index (χ3n) is 2.63. The van der Waals surface area contributed by atoms with Gasteiger partial charge < -0.3 is 15.8 Å². The van der Waals surface area contributed by atoms with Gasteiger partial charge in [-0.3, -0.25) is 0 Å². The van der Waals surface area contributed by atoms with Crippen molar-refractivity contribution in [3.63, 3.8) is 0 Å². The highest BCUT2D eigenvalue weighted by Crippen LogP contribution is 2.29. The minimum atomic E-state index is -4.52. The fraction of sp³-hybridized carbons (Fsp3) is 0.600. The molecule has 5 nitrogen and oxygen atoms in total. The number of nitrogens with one attached hydrogen (secondary N) is 1. The fourth-order valence-electron chi connectivity index (χ4n) is 1.69. The van der Waals surface area contributed by atoms with Gasteiger partial charge in [-0.1, -0.05) is 0 Å². The second-order valence-corrected chi connectivity index (χ2v) is 4.10. The highest BCUT2D eigenvalue weighted by molar-refractivity contribution is 5.41. The minimum Gasteiger partial charge on any atom is -0.381 e. The van der Waals surface area contributed by atoms with E-state index in [0.29, 0.717) is 19.8 Å². The van der Waals surface area contributed by atoms with Crippen LogP contribution in [0.15, 0.2) is 6.07 Å². The highest BCUT2D eigenvalue weighted by atomic mass is 19.4. The second-order valence-electron chi connectivity index (χ2n) is 4.10. The number of nitrogen functional groups attached to an aromatic ring is 1. The normalized spacial score (nSPS) is 20.1. The van der Waals surface area contributed by atoms with E-state index in [1.165, 1.54) is 0 Å². The van der Waals surface area contributed by atoms with Crippen molar-refractivity contribution in [3.8, 4) is 0 Å². The number of rotatable bonds is 3. The van der Waals surface area contributed by atoms with Gasteiger partial charge in [-0.2, -0.15) is 18.2 Å². The molecule has 1 unspecified atom stereocenters. The Morgan fingerprint density at radius 1 is 1.44 bits per heavy atom. The largest absolute Gasteiger partial charge is 0.433 e. The molecule has 1 fully saturated rings. The van der Waals surface area contributed by atoms with Crippen LogP contribution in [0.1, 0.15) is 12.1 Å². The van der Waals surface area contributed by atoms with Gasteiger partial charge in [-0.05, 0) is 6.42 Å². The Labute approximate surface area is 102 Å². The molecule has 18 heavy (non-hydrogen) atoms. The first-order valence-electron chi connectivity index (χ1n) is 5.48. The summed E-state index contributed by atoms with van der Waals surface area (Å²) in [4.78, 5) is 6.88. The van der Waals surface area contributed by atoms with Gasteiger partial charge >= 0.3 is 6.18 Å². The molecule has 2 heterocycles. The van der Waals surface area contributed by atoms with Gasteiger partial charge in [-0.25, -0.2) is 4.98 Å². The topological polar surface area (TPSA) is 73.1 Å². The van der Waals surface area contributed by atoms with Crippen molar-refractivity contribution in [1.29, 1.82) is 0 Å². The van der Waals surface area contributed by atoms with Crippen LogP contribution < -0.4 is 11.1 Å². The van der Waals surface area contributed by atoms with Crippen LogP contribution in [0.5, 0.6) is 0 Å². The van der Waals surface area contributed by atoms with Crippen LogP contribution in [-0.2, 0) is 10.9 Å². The molecule has 1 atom stereocenters. The molecular formula is C10H13F3N4O. The molecule has 0 aliphatic carbocycles. The molecule has 0 saturated carbocycles. The molecule has 1 aliphatic rings. The van der Waals surface area contributed by atoms with Crippen molar-refractivity contribution in [3.05, 3.63) is 11.8 Å². The number of alkyl halides is 3. The lowest BCUT2D eigenvalue weighted by Crippen LogP contribution is -2.17. The number of aromatic nitrogens is 2. The zero-order valence-electron chi connectivity index (χ0n) is 9.50. The van der Waals surface area contributed by atoms with Crippen molar-refractivity contribution in [2.75, 3.05) is 30.8 Å². The lowest BCUT2D eigenvalue weighted by molar-refractivity contribution is -0.141. The van der Waals surface area contributed by atoms with Gasteiger partial charge in [0.2, 0.25) is 5.95 Å². The Hall–Kier alpha value is -1.57. The van der Waals surface area contributed by atoms with Crippen LogP contribution in [-0.4, -0.2) is 29.7 Å². The van der Waals surface area contributed by atoms with E-state index in [0.717, 1.165) is 12.5 Å². The van der Waals surface area contributed by atoms with Gasteiger partial charge in [0.1, 0.15) is 5.82 Å². The smallest absolute Gasteiger partial charge is 0.381 e. The predicted molar refractivity (Wildman–Crippen MR) is 58.9 cm³/mol. The fourth-order valence-corrected chi connectivity index (χ4v) is 1.69. The number of hydrogen-bond acceptors (Lipinski definition) is 5. The molecular weight excluding hydrogens is 249 g/mol. The zero-order valence-corrected chi connectivity index (χ0v) is 9.50. The maximum Gasteiger partial charge on any atom is 0.433 e. The molecule has 1 aromatic rings. The molecule has 0 aromatic carbocycles. The monoisotopic (exact) mass is 262 g/mol. The number of anilines is 2. The van der Waals surface area contributed by atoms with Crippen molar-refractivity contribution in [1.82, 2.24) is 9.97 Å². The molecule has 0 radical (unpaired) electrons. The van der Waals surface area contributed by atoms with Gasteiger partial charge in [0.25, 0.3) is 0 Å². The van der Waals surface area contributed by atoms with Crippen LogP contribution in [0.25, 0.3) is 0 Å². The van der Waals surface area contributed by atoms with E-state index in [1.54, 1.807) is 0 Å². The Morgan fingerprint density at radius 3 is 2.83 bits per heavy atom. The van der Waals surface area contributed by atoms with E-state index >= 15 is 0 Å². The van der Waals surface area contributed by atoms with E-state index < -0.39 is 17.8 Å². The summed E-state index contributed by atoms with van der Waals surface area (Å²) < 4.78 is 42.7. The van der Waals surface area contributed by atoms with Crippen LogP contribution in [0.3, 0.4) is 0 Å². The summed E-state index contributed by atoms with van der Waals surface area (Å²) in [6.45, 7) is 1.81. The Bertz CT molecular complexity index is 418. The molecule has 0 bridgehead atoms. The van der Waals surface area contributed by atoms with E-state index in [9.17, 15) is 13.2 Å². The van der Waals surface area contributed by atoms with Crippen molar-refractivity contribution in [2.24, 2.45) is 5.92 Å². The standard InChI is InChI=1S/C10H13F3N4O/c11-10(12,13)7-3-8(17-9(14)16-7)15-4-6-1-2-18-5-6/h3,6H,1-2,4-5H2,(H3,14,15,16,17). The predicted octanol–water partition coefficient (Wildman–Crippen LogP) is 1.53. The number of hydrogen-bond donors (Lipinski definition) is 2. The second kappa shape index (κ2) is 4.97. The number of nitrogens with two attached hydrogens (primary N) is 1. The Kier molecular flexibility index (Phi) is 3.55. The first kappa shape index (κ1) is 12.9. The summed E-state index contributed by atoms with van der Waals surface area (Å²) in [5.74, 6) is -0.0211. The third-order valence-corrected chi connectivity index (χ3v) is 2.63. The maximum atomic E-state index is 12.5. The Balaban J connectivity index is 2.05. The third kappa shape index (κ3) is 3.22. The number of nitrogens with zero attached hydrogens (tertiary/aromatic N) is 2. The molecule has 0 amide bonds. The first-order valence-corrected chi connectivity index (χ1v) is 5.48. The number of halogens is 3. The molecule has 100 valence electrons. The van der Waals surface area contributed by atoms with Crippen LogP contribution in [0.2, 0.25) is 0 Å². The SMILES string of the molecule is Nc1nc(NCC2CCOC2)cc(C(F)(F)F)n1. The Morgan fingerprint density at radius 2 is 2.22 bits per heavy atom. The lowest BCUT2D eigenvalue weighted by Gasteiger charge is -2.12. The summed E-state index contributed by atoms with van der Waals surface area (Å²) in [6, 6.07) is 0.853. The number of ether oxygens (including phenoxy) is 1. The molecule has 2 rings (SSSR count). The first-order chi connectivity index (χ1) is 8.45. The molecule has 8 heteroatoms. The molecule has 1 aliphatic heterocycles. The average molecular weight is 262 g/mol. The van der Waals surface area contributed by atoms with E-state index in [4.69, 9.17) is 10.5 Å². The average Bonchev–Trinajstić information content (AvgIpc) is 2.77. The van der Waals surface area contributed by atoms with Crippen LogP contribution in [0, 0.1) is 5.92 Å². The molecule has 1 aromatic heterocycles. The van der Waals surface area contributed by atoms with Gasteiger partial charge in [0.15, 0.2) is 5.69 Å². The van der Waals surface area contributed by atoms with E-state index in [2.05, 4.69) is 15.3 Å². The summed E-state index contributed by atoms with van der Waals surface area (Å²) >= 11 is 0. The van der Waals surface area contributed by atoms with Gasteiger partial charge in [0.05, 0.1) is 6.61 Å². The van der Waals surface area contributed by atoms with Gasteiger partial charge in [-0.15, -0.1) is 0 Å². The molecule has 1 saturated heterocycles. The molecule has 3 N–H and O–H groups in total. The minimum absolute atomic E-state index is 0.0849. The van der Waals surface area contributed by atoms with Crippen molar-refractivity contribution in [2.45, 2.75) is 12.6 Å². The van der Waals surface area contributed by atoms with Crippen molar-refractivity contribution < 1.29 is 17.9 Å². The quantitative estimate of drug-likeness (QED) is 0.864. The van der Waals surface area contributed by atoms with Crippen molar-refractivity contribution >= 4 is 11.8 Å². The van der Waals surface area contributed by atoms with E-state index in [-0.39, 0.29) is 11.7 Å². The summed E-state index contributed by atoms with van der Waals surface area (Å²) in [7, 11) is 0. The van der Waals surface area contributed by atoms with Gasteiger partial charge in [0, 0.05) is 25.1 Å². The van der Waals surface area contributed by atoms with Crippen LogP contribution in [0.4, 0.5) is 24.9 Å². The summed E-state index contributed by atoms with van der Waals surface area (Å²) in [6.07, 6.45) is -3.64. The lowest BCUT2D eigenvalue weighted by atomic mass is 10.1. The van der Waals surface area contributed by atoms with Crippen LogP contribution >= 0.6 is 0 Å². The summed E-state index contributed by atoms with van der Waals surface area (Å²) in [5, 5.41) is 2.83. The maximum absolute atomic E-state index is 12.5. The molecule has 0 spiro atoms. The van der Waals surface area contributed by atoms with E-state index in [1.807, 2.05) is 0 Å².